The van der Waals surface area contributed by atoms with Crippen LogP contribution in [0.3, 0.4) is 0 Å². The van der Waals surface area contributed by atoms with Gasteiger partial charge < -0.3 is 19.1 Å². The standard InChI is InChI=1S/C20H29NO5/c1-14(22)16-6-7-17(24-5)18(12-16)25-13-15-8-10-21(11-9-15)19(23)26-20(2,3)4/h6-7,12,15H,8-11,13H2,1-5H3. The van der Waals surface area contributed by atoms with Crippen molar-refractivity contribution in [2.75, 3.05) is 26.8 Å². The molecule has 0 aromatic heterocycles. The normalized spacial score (nSPS) is 15.5. The third-order valence-electron chi connectivity index (χ3n) is 4.31. The maximum Gasteiger partial charge on any atom is 0.410 e. The van der Waals surface area contributed by atoms with E-state index < -0.39 is 5.60 Å². The quantitative estimate of drug-likeness (QED) is 0.742. The van der Waals surface area contributed by atoms with Crippen LogP contribution in [0.15, 0.2) is 18.2 Å². The molecule has 0 radical (unpaired) electrons. The SMILES string of the molecule is COc1ccc(C(C)=O)cc1OCC1CCN(C(=O)OC(C)(C)C)CC1. The number of benzene rings is 1. The molecular weight excluding hydrogens is 334 g/mol. The molecule has 1 fully saturated rings. The fourth-order valence-electron chi connectivity index (χ4n) is 2.82. The first-order chi connectivity index (χ1) is 12.2. The van der Waals surface area contributed by atoms with E-state index in [9.17, 15) is 9.59 Å². The summed E-state index contributed by atoms with van der Waals surface area (Å²) in [6, 6.07) is 5.20. The lowest BCUT2D eigenvalue weighted by Crippen LogP contribution is -2.42. The zero-order valence-electron chi connectivity index (χ0n) is 16.3. The Balaban J connectivity index is 1.88. The number of ether oxygens (including phenoxy) is 3. The van der Waals surface area contributed by atoms with Gasteiger partial charge in [-0.15, -0.1) is 0 Å². The second-order valence-electron chi connectivity index (χ2n) is 7.64. The van der Waals surface area contributed by atoms with E-state index in [-0.39, 0.29) is 11.9 Å². The zero-order valence-corrected chi connectivity index (χ0v) is 16.3. The molecule has 1 aliphatic heterocycles. The molecule has 1 amide bonds. The van der Waals surface area contributed by atoms with Crippen molar-refractivity contribution in [1.82, 2.24) is 4.90 Å². The first-order valence-corrected chi connectivity index (χ1v) is 8.99. The van der Waals surface area contributed by atoms with Gasteiger partial charge in [-0.05, 0) is 64.7 Å². The minimum absolute atomic E-state index is 0.0110. The molecule has 0 atom stereocenters. The van der Waals surface area contributed by atoms with Crippen LogP contribution in [-0.2, 0) is 4.74 Å². The lowest BCUT2D eigenvalue weighted by molar-refractivity contribution is 0.0164. The summed E-state index contributed by atoms with van der Waals surface area (Å²) in [4.78, 5) is 25.4. The number of carbonyl (C=O) groups is 2. The number of ketones is 1. The van der Waals surface area contributed by atoms with Crippen molar-refractivity contribution in [3.63, 3.8) is 0 Å². The first kappa shape index (κ1) is 20.1. The summed E-state index contributed by atoms with van der Waals surface area (Å²) >= 11 is 0. The minimum Gasteiger partial charge on any atom is -0.493 e. The Morgan fingerprint density at radius 2 is 1.81 bits per heavy atom. The highest BCUT2D eigenvalue weighted by Crippen LogP contribution is 2.30. The maximum absolute atomic E-state index is 12.1. The Morgan fingerprint density at radius 1 is 1.15 bits per heavy atom. The molecule has 0 N–H and O–H groups in total. The summed E-state index contributed by atoms with van der Waals surface area (Å²) in [6.07, 6.45) is 1.45. The molecule has 0 spiro atoms. The average molecular weight is 363 g/mol. The molecule has 6 heteroatoms. The number of methoxy groups -OCH3 is 1. The van der Waals surface area contributed by atoms with Crippen LogP contribution in [0.5, 0.6) is 11.5 Å². The van der Waals surface area contributed by atoms with Gasteiger partial charge in [0.1, 0.15) is 5.60 Å². The lowest BCUT2D eigenvalue weighted by atomic mass is 9.98. The van der Waals surface area contributed by atoms with Crippen LogP contribution in [0.1, 0.15) is 50.9 Å². The van der Waals surface area contributed by atoms with Crippen molar-refractivity contribution in [3.05, 3.63) is 23.8 Å². The minimum atomic E-state index is -0.477. The highest BCUT2D eigenvalue weighted by Gasteiger charge is 2.27. The van der Waals surface area contributed by atoms with Gasteiger partial charge in [0.05, 0.1) is 13.7 Å². The molecule has 0 aliphatic carbocycles. The largest absolute Gasteiger partial charge is 0.493 e. The van der Waals surface area contributed by atoms with E-state index in [1.54, 1.807) is 30.2 Å². The number of hydrogen-bond acceptors (Lipinski definition) is 5. The van der Waals surface area contributed by atoms with Crippen molar-refractivity contribution < 1.29 is 23.8 Å². The first-order valence-electron chi connectivity index (χ1n) is 8.99. The summed E-state index contributed by atoms with van der Waals surface area (Å²) in [5, 5.41) is 0. The molecule has 0 saturated carbocycles. The van der Waals surface area contributed by atoms with Gasteiger partial charge in [-0.25, -0.2) is 4.79 Å². The molecular formula is C20H29NO5. The second kappa shape index (κ2) is 8.43. The molecule has 1 saturated heterocycles. The zero-order chi connectivity index (χ0) is 19.3. The third kappa shape index (κ3) is 5.64. The number of Topliss-reactive ketones (excluding diaryl/α,β-unsaturated/α-hetero) is 1. The van der Waals surface area contributed by atoms with E-state index in [4.69, 9.17) is 14.2 Å². The van der Waals surface area contributed by atoms with E-state index >= 15 is 0 Å². The Labute approximate surface area is 155 Å². The van der Waals surface area contributed by atoms with Crippen molar-refractivity contribution in [2.24, 2.45) is 5.92 Å². The van der Waals surface area contributed by atoms with E-state index in [1.807, 2.05) is 20.8 Å². The predicted molar refractivity (Wildman–Crippen MR) is 99.0 cm³/mol. The predicted octanol–water partition coefficient (Wildman–Crippen LogP) is 3.92. The van der Waals surface area contributed by atoms with Gasteiger partial charge in [-0.2, -0.15) is 0 Å². The molecule has 1 heterocycles. The third-order valence-corrected chi connectivity index (χ3v) is 4.31. The monoisotopic (exact) mass is 363 g/mol. The smallest absolute Gasteiger partial charge is 0.410 e. The second-order valence-corrected chi connectivity index (χ2v) is 7.64. The van der Waals surface area contributed by atoms with Crippen molar-refractivity contribution in [1.29, 1.82) is 0 Å². The van der Waals surface area contributed by atoms with Crippen LogP contribution in [0.2, 0.25) is 0 Å². The van der Waals surface area contributed by atoms with E-state index in [2.05, 4.69) is 0 Å². The topological polar surface area (TPSA) is 65.1 Å². The van der Waals surface area contributed by atoms with E-state index in [0.29, 0.717) is 42.7 Å². The number of likely N-dealkylation sites (tertiary alicyclic amines) is 1. The molecule has 0 unspecified atom stereocenters. The van der Waals surface area contributed by atoms with E-state index in [0.717, 1.165) is 12.8 Å². The fraction of sp³-hybridized carbons (Fsp3) is 0.600. The van der Waals surface area contributed by atoms with E-state index in [1.165, 1.54) is 6.92 Å². The average Bonchev–Trinajstić information content (AvgIpc) is 2.58. The molecule has 2 rings (SSSR count). The highest BCUT2D eigenvalue weighted by molar-refractivity contribution is 5.94. The number of nitrogens with zero attached hydrogens (tertiary/aromatic N) is 1. The maximum atomic E-state index is 12.1. The van der Waals surface area contributed by atoms with Crippen LogP contribution >= 0.6 is 0 Å². The van der Waals surface area contributed by atoms with Gasteiger partial charge >= 0.3 is 6.09 Å². The van der Waals surface area contributed by atoms with Gasteiger partial charge in [0.2, 0.25) is 0 Å². The Bertz CT molecular complexity index is 642. The number of piperidine rings is 1. The molecule has 1 aromatic rings. The molecule has 144 valence electrons. The fourth-order valence-corrected chi connectivity index (χ4v) is 2.82. The van der Waals surface area contributed by atoms with Crippen LogP contribution in [0.25, 0.3) is 0 Å². The van der Waals surface area contributed by atoms with Gasteiger partial charge in [0.25, 0.3) is 0 Å². The van der Waals surface area contributed by atoms with Crippen molar-refractivity contribution >= 4 is 11.9 Å². The number of carbonyl (C=O) groups excluding carboxylic acids is 2. The van der Waals surface area contributed by atoms with Crippen molar-refractivity contribution in [3.8, 4) is 11.5 Å². The van der Waals surface area contributed by atoms with Crippen LogP contribution < -0.4 is 9.47 Å². The van der Waals surface area contributed by atoms with Gasteiger partial charge in [0, 0.05) is 18.7 Å². The van der Waals surface area contributed by atoms with Crippen LogP contribution in [-0.4, -0.2) is 49.2 Å². The van der Waals surface area contributed by atoms with Crippen LogP contribution in [0.4, 0.5) is 4.79 Å². The summed E-state index contributed by atoms with van der Waals surface area (Å²) in [5.41, 5.74) is 0.121. The summed E-state index contributed by atoms with van der Waals surface area (Å²) in [7, 11) is 1.58. The Morgan fingerprint density at radius 3 is 2.35 bits per heavy atom. The Hall–Kier alpha value is -2.24. The van der Waals surface area contributed by atoms with Crippen LogP contribution in [0, 0.1) is 5.92 Å². The summed E-state index contributed by atoms with van der Waals surface area (Å²) in [5.74, 6) is 1.53. The van der Waals surface area contributed by atoms with Gasteiger partial charge in [-0.3, -0.25) is 4.79 Å². The van der Waals surface area contributed by atoms with Gasteiger partial charge in [-0.1, -0.05) is 0 Å². The molecule has 6 nitrogen and oxygen atoms in total. The lowest BCUT2D eigenvalue weighted by Gasteiger charge is -2.33. The molecule has 0 bridgehead atoms. The summed E-state index contributed by atoms with van der Waals surface area (Å²) in [6.45, 7) is 8.98. The van der Waals surface area contributed by atoms with Gasteiger partial charge in [0.15, 0.2) is 17.3 Å². The molecule has 1 aromatic carbocycles. The number of hydrogen-bond donors (Lipinski definition) is 0. The molecule has 26 heavy (non-hydrogen) atoms. The molecule has 1 aliphatic rings. The van der Waals surface area contributed by atoms with Crippen molar-refractivity contribution in [2.45, 2.75) is 46.1 Å². The Kier molecular flexibility index (Phi) is 6.51. The summed E-state index contributed by atoms with van der Waals surface area (Å²) < 4.78 is 16.6. The number of amides is 1. The highest BCUT2D eigenvalue weighted by atomic mass is 16.6. The number of rotatable bonds is 5.